The van der Waals surface area contributed by atoms with Gasteiger partial charge in [-0.2, -0.15) is 0 Å². The van der Waals surface area contributed by atoms with Crippen molar-refractivity contribution in [3.8, 4) is 17.2 Å². The summed E-state index contributed by atoms with van der Waals surface area (Å²) in [5, 5.41) is 1.23. The van der Waals surface area contributed by atoms with Gasteiger partial charge in [0.25, 0.3) is 5.56 Å². The average molecular weight is 484 g/mol. The molecule has 2 heterocycles. The van der Waals surface area contributed by atoms with E-state index in [1.807, 2.05) is 86.6 Å². The zero-order valence-corrected chi connectivity index (χ0v) is 20.6. The van der Waals surface area contributed by atoms with Gasteiger partial charge in [-0.3, -0.25) is 9.36 Å². The summed E-state index contributed by atoms with van der Waals surface area (Å²) in [4.78, 5) is 23.0. The van der Waals surface area contributed by atoms with Crippen LogP contribution in [0, 0.1) is 13.8 Å². The highest BCUT2D eigenvalue weighted by molar-refractivity contribution is 7.98. The fraction of sp³-hybridized carbons (Fsp3) is 0.179. The summed E-state index contributed by atoms with van der Waals surface area (Å²) in [5.74, 6) is 2.64. The van der Waals surface area contributed by atoms with Crippen LogP contribution in [-0.2, 0) is 12.3 Å². The second-order valence-corrected chi connectivity index (χ2v) is 9.27. The number of aryl methyl sites for hydroxylation is 2. The number of hydrogen-bond donors (Lipinski definition) is 0. The van der Waals surface area contributed by atoms with Crippen molar-refractivity contribution in [3.05, 3.63) is 106 Å². The summed E-state index contributed by atoms with van der Waals surface area (Å²) in [6, 6.07) is 23.3. The monoisotopic (exact) mass is 483 g/mol. The molecule has 0 radical (unpaired) electrons. The molecule has 2 aromatic heterocycles. The topological polar surface area (TPSA) is 70.2 Å². The van der Waals surface area contributed by atoms with Gasteiger partial charge in [-0.15, -0.1) is 0 Å². The SMILES string of the molecule is COc1cccc(Cn2c(SCc3nc(-c4ccc(C)cc4)oc3C)nc3ccccc3c2=O)c1. The van der Waals surface area contributed by atoms with E-state index >= 15 is 0 Å². The number of methoxy groups -OCH3 is 1. The largest absolute Gasteiger partial charge is 0.497 e. The van der Waals surface area contributed by atoms with Crippen molar-refractivity contribution in [2.45, 2.75) is 31.3 Å². The Morgan fingerprint density at radius 3 is 2.57 bits per heavy atom. The third-order valence-corrected chi connectivity index (χ3v) is 6.82. The van der Waals surface area contributed by atoms with Gasteiger partial charge in [-0.05, 0) is 55.8 Å². The van der Waals surface area contributed by atoms with Crippen LogP contribution in [0.5, 0.6) is 5.75 Å². The van der Waals surface area contributed by atoms with E-state index in [4.69, 9.17) is 19.1 Å². The van der Waals surface area contributed by atoms with Crippen molar-refractivity contribution in [1.29, 1.82) is 0 Å². The molecule has 5 aromatic rings. The van der Waals surface area contributed by atoms with Gasteiger partial charge < -0.3 is 9.15 Å². The molecule has 6 nitrogen and oxygen atoms in total. The molecule has 0 aliphatic rings. The lowest BCUT2D eigenvalue weighted by Crippen LogP contribution is -2.24. The maximum absolute atomic E-state index is 13.4. The summed E-state index contributed by atoms with van der Waals surface area (Å²) in [5.41, 5.74) is 4.53. The molecule has 0 saturated heterocycles. The first-order valence-corrected chi connectivity index (χ1v) is 12.3. The van der Waals surface area contributed by atoms with Crippen LogP contribution in [0.25, 0.3) is 22.4 Å². The van der Waals surface area contributed by atoms with E-state index in [9.17, 15) is 4.79 Å². The van der Waals surface area contributed by atoms with Gasteiger partial charge in [0.1, 0.15) is 11.5 Å². The smallest absolute Gasteiger partial charge is 0.262 e. The van der Waals surface area contributed by atoms with E-state index in [1.165, 1.54) is 17.3 Å². The molecule has 0 saturated carbocycles. The number of oxazole rings is 1. The van der Waals surface area contributed by atoms with Crippen molar-refractivity contribution in [1.82, 2.24) is 14.5 Å². The number of rotatable bonds is 7. The number of aromatic nitrogens is 3. The first-order chi connectivity index (χ1) is 17.0. The number of para-hydroxylation sites is 1. The van der Waals surface area contributed by atoms with Crippen LogP contribution in [0.4, 0.5) is 0 Å². The minimum atomic E-state index is -0.0712. The Labute approximate surface area is 207 Å². The molecule has 3 aromatic carbocycles. The van der Waals surface area contributed by atoms with Gasteiger partial charge in [-0.25, -0.2) is 9.97 Å². The molecular weight excluding hydrogens is 458 g/mol. The minimum absolute atomic E-state index is 0.0712. The molecule has 35 heavy (non-hydrogen) atoms. The van der Waals surface area contributed by atoms with Crippen LogP contribution in [0.2, 0.25) is 0 Å². The summed E-state index contributed by atoms with van der Waals surface area (Å²) in [6.07, 6.45) is 0. The highest BCUT2D eigenvalue weighted by Gasteiger charge is 2.16. The van der Waals surface area contributed by atoms with Gasteiger partial charge in [0.2, 0.25) is 5.89 Å². The van der Waals surface area contributed by atoms with Crippen molar-refractivity contribution in [3.63, 3.8) is 0 Å². The Kier molecular flexibility index (Phi) is 6.42. The molecule has 0 aliphatic heterocycles. The standard InChI is InChI=1S/C28H25N3O3S/c1-18-11-13-21(14-12-18)26-29-25(19(2)34-26)17-35-28-30-24-10-5-4-9-23(24)27(32)31(28)16-20-7-6-8-22(15-20)33-3/h4-15H,16-17H2,1-3H3. The quantitative estimate of drug-likeness (QED) is 0.208. The number of nitrogens with zero attached hydrogens (tertiary/aromatic N) is 3. The zero-order chi connectivity index (χ0) is 24.4. The summed E-state index contributed by atoms with van der Waals surface area (Å²) >= 11 is 1.48. The van der Waals surface area contributed by atoms with Crippen molar-refractivity contribution < 1.29 is 9.15 Å². The average Bonchev–Trinajstić information content (AvgIpc) is 3.25. The number of benzene rings is 3. The second kappa shape index (κ2) is 9.80. The van der Waals surface area contributed by atoms with Gasteiger partial charge >= 0.3 is 0 Å². The van der Waals surface area contributed by atoms with Crippen molar-refractivity contribution in [2.75, 3.05) is 7.11 Å². The molecule has 7 heteroatoms. The van der Waals surface area contributed by atoms with Crippen LogP contribution >= 0.6 is 11.8 Å². The van der Waals surface area contributed by atoms with E-state index < -0.39 is 0 Å². The van der Waals surface area contributed by atoms with Gasteiger partial charge in [0.15, 0.2) is 5.16 Å². The Morgan fingerprint density at radius 1 is 0.971 bits per heavy atom. The second-order valence-electron chi connectivity index (χ2n) is 8.33. The first kappa shape index (κ1) is 22.9. The van der Waals surface area contributed by atoms with Gasteiger partial charge in [0, 0.05) is 11.3 Å². The molecule has 176 valence electrons. The Balaban J connectivity index is 1.48. The third kappa shape index (κ3) is 4.86. The van der Waals surface area contributed by atoms with Crippen molar-refractivity contribution in [2.24, 2.45) is 0 Å². The molecular formula is C28H25N3O3S. The summed E-state index contributed by atoms with van der Waals surface area (Å²) in [7, 11) is 1.63. The fourth-order valence-corrected chi connectivity index (χ4v) is 4.86. The molecule has 0 amide bonds. The maximum Gasteiger partial charge on any atom is 0.262 e. The van der Waals surface area contributed by atoms with E-state index in [-0.39, 0.29) is 5.56 Å². The lowest BCUT2D eigenvalue weighted by atomic mass is 10.1. The highest BCUT2D eigenvalue weighted by atomic mass is 32.2. The van der Waals surface area contributed by atoms with E-state index in [1.54, 1.807) is 11.7 Å². The van der Waals surface area contributed by atoms with E-state index in [0.717, 1.165) is 28.3 Å². The first-order valence-electron chi connectivity index (χ1n) is 11.3. The van der Waals surface area contributed by atoms with Gasteiger partial charge in [0.05, 0.1) is 30.3 Å². The number of thioether (sulfide) groups is 1. The normalized spacial score (nSPS) is 11.2. The highest BCUT2D eigenvalue weighted by Crippen LogP contribution is 2.28. The minimum Gasteiger partial charge on any atom is -0.497 e. The summed E-state index contributed by atoms with van der Waals surface area (Å²) in [6.45, 7) is 4.36. The van der Waals surface area contributed by atoms with E-state index in [2.05, 4.69) is 0 Å². The van der Waals surface area contributed by atoms with Gasteiger partial charge in [-0.1, -0.05) is 53.7 Å². The molecule has 0 bridgehead atoms. The molecule has 0 aliphatic carbocycles. The molecule has 0 atom stereocenters. The predicted octanol–water partition coefficient (Wildman–Crippen LogP) is 6.02. The van der Waals surface area contributed by atoms with Crippen LogP contribution in [-0.4, -0.2) is 21.6 Å². The lowest BCUT2D eigenvalue weighted by molar-refractivity contribution is 0.414. The van der Waals surface area contributed by atoms with Crippen LogP contribution in [0.3, 0.4) is 0 Å². The van der Waals surface area contributed by atoms with Crippen LogP contribution < -0.4 is 10.3 Å². The Hall–Kier alpha value is -3.84. The maximum atomic E-state index is 13.4. The Morgan fingerprint density at radius 2 is 1.77 bits per heavy atom. The number of fused-ring (bicyclic) bond motifs is 1. The van der Waals surface area contributed by atoms with Crippen molar-refractivity contribution >= 4 is 22.7 Å². The summed E-state index contributed by atoms with van der Waals surface area (Å²) < 4.78 is 13.0. The van der Waals surface area contributed by atoms with E-state index in [0.29, 0.717) is 34.2 Å². The fourth-order valence-electron chi connectivity index (χ4n) is 3.87. The lowest BCUT2D eigenvalue weighted by Gasteiger charge is -2.13. The van der Waals surface area contributed by atoms with Crippen LogP contribution in [0.1, 0.15) is 22.6 Å². The molecule has 0 unspecified atom stereocenters. The molecule has 0 fully saturated rings. The number of hydrogen-bond acceptors (Lipinski definition) is 6. The number of ether oxygens (including phenoxy) is 1. The molecule has 0 N–H and O–H groups in total. The Bertz CT molecular complexity index is 1550. The third-order valence-electron chi connectivity index (χ3n) is 5.83. The molecule has 5 rings (SSSR count). The zero-order valence-electron chi connectivity index (χ0n) is 19.8. The molecule has 0 spiro atoms. The van der Waals surface area contributed by atoms with Crippen LogP contribution in [0.15, 0.2) is 87.2 Å². The predicted molar refractivity (Wildman–Crippen MR) is 139 cm³/mol.